The Labute approximate surface area is 101 Å². The molecule has 1 unspecified atom stereocenters. The van der Waals surface area contributed by atoms with Crippen LogP contribution < -0.4 is 5.32 Å². The molecule has 0 spiro atoms. The predicted molar refractivity (Wildman–Crippen MR) is 63.8 cm³/mol. The molecule has 1 saturated carbocycles. The van der Waals surface area contributed by atoms with Gasteiger partial charge in [0.2, 0.25) is 5.76 Å². The molecule has 0 saturated heterocycles. The van der Waals surface area contributed by atoms with E-state index in [1.165, 1.54) is 32.8 Å². The molecule has 1 fully saturated rings. The van der Waals surface area contributed by atoms with Crippen LogP contribution in [0.1, 0.15) is 48.0 Å². The fraction of sp³-hybridized carbons (Fsp3) is 0.615. The monoisotopic (exact) mass is 237 g/mol. The van der Waals surface area contributed by atoms with Crippen LogP contribution in [0, 0.1) is 5.92 Å². The third kappa shape index (κ3) is 2.52. The van der Waals surface area contributed by atoms with Crippen molar-refractivity contribution in [1.29, 1.82) is 0 Å². The van der Waals surface area contributed by atoms with E-state index in [1.807, 2.05) is 13.1 Å². The van der Waals surface area contributed by atoms with Crippen LogP contribution >= 0.6 is 0 Å². The van der Waals surface area contributed by atoms with Crippen LogP contribution in [-0.4, -0.2) is 20.1 Å². The Morgan fingerprint density at radius 2 is 2.18 bits per heavy atom. The molecule has 4 heteroatoms. The first-order chi connectivity index (χ1) is 8.26. The second kappa shape index (κ2) is 5.36. The van der Waals surface area contributed by atoms with Crippen molar-refractivity contribution in [2.45, 2.75) is 31.7 Å². The van der Waals surface area contributed by atoms with Crippen molar-refractivity contribution in [3.63, 3.8) is 0 Å². The van der Waals surface area contributed by atoms with Gasteiger partial charge in [-0.05, 0) is 37.9 Å². The maximum atomic E-state index is 11.3. The summed E-state index contributed by atoms with van der Waals surface area (Å²) in [5.41, 5.74) is 0. The first kappa shape index (κ1) is 12.2. The molecule has 1 atom stereocenters. The summed E-state index contributed by atoms with van der Waals surface area (Å²) in [4.78, 5) is 11.3. The van der Waals surface area contributed by atoms with Crippen LogP contribution in [0.25, 0.3) is 0 Å². The minimum atomic E-state index is -0.419. The Balaban J connectivity index is 2.13. The van der Waals surface area contributed by atoms with E-state index in [-0.39, 0.29) is 11.8 Å². The predicted octanol–water partition coefficient (Wildman–Crippen LogP) is 2.52. The van der Waals surface area contributed by atoms with Gasteiger partial charge in [0.05, 0.1) is 13.2 Å². The number of hydrogen-bond donors (Lipinski definition) is 1. The first-order valence-electron chi connectivity index (χ1n) is 6.11. The third-order valence-corrected chi connectivity index (χ3v) is 3.50. The summed E-state index contributed by atoms with van der Waals surface area (Å²) in [6.07, 6.45) is 5.01. The Morgan fingerprint density at radius 3 is 2.76 bits per heavy atom. The average Bonchev–Trinajstić information content (AvgIpc) is 3.00. The summed E-state index contributed by atoms with van der Waals surface area (Å²) in [5, 5.41) is 3.28. The van der Waals surface area contributed by atoms with E-state index >= 15 is 0 Å². The normalized spacial score (nSPS) is 18.2. The number of methoxy groups -OCH3 is 1. The number of furan rings is 1. The summed E-state index contributed by atoms with van der Waals surface area (Å²) in [6, 6.07) is 3.75. The van der Waals surface area contributed by atoms with Gasteiger partial charge in [-0.3, -0.25) is 0 Å². The van der Waals surface area contributed by atoms with Gasteiger partial charge in [0.25, 0.3) is 0 Å². The van der Waals surface area contributed by atoms with Gasteiger partial charge in [-0.1, -0.05) is 12.8 Å². The molecule has 2 rings (SSSR count). The molecule has 0 radical (unpaired) electrons. The van der Waals surface area contributed by atoms with Crippen molar-refractivity contribution in [3.05, 3.63) is 23.7 Å². The Bertz CT molecular complexity index is 380. The van der Waals surface area contributed by atoms with E-state index in [2.05, 4.69) is 10.1 Å². The smallest absolute Gasteiger partial charge is 0.373 e. The largest absolute Gasteiger partial charge is 0.463 e. The number of ether oxygens (including phenoxy) is 1. The second-order valence-corrected chi connectivity index (χ2v) is 4.50. The van der Waals surface area contributed by atoms with Gasteiger partial charge >= 0.3 is 5.97 Å². The van der Waals surface area contributed by atoms with Crippen LogP contribution in [0.3, 0.4) is 0 Å². The van der Waals surface area contributed by atoms with Crippen molar-refractivity contribution in [2.75, 3.05) is 14.2 Å². The standard InChI is InChI=1S/C13H19NO3/c1-14-12(9-5-3-4-6-9)10-7-8-11(17-10)13(15)16-2/h7-9,12,14H,3-6H2,1-2H3. The molecule has 94 valence electrons. The van der Waals surface area contributed by atoms with Crippen molar-refractivity contribution in [2.24, 2.45) is 5.92 Å². The molecular formula is C13H19NO3. The van der Waals surface area contributed by atoms with Crippen molar-refractivity contribution >= 4 is 5.97 Å². The van der Waals surface area contributed by atoms with Crippen molar-refractivity contribution in [3.8, 4) is 0 Å². The number of hydrogen-bond acceptors (Lipinski definition) is 4. The van der Waals surface area contributed by atoms with Gasteiger partial charge in [-0.2, -0.15) is 0 Å². The van der Waals surface area contributed by atoms with Gasteiger partial charge in [0.15, 0.2) is 0 Å². The van der Waals surface area contributed by atoms with E-state index in [0.717, 1.165) is 5.76 Å². The van der Waals surface area contributed by atoms with Gasteiger partial charge in [-0.25, -0.2) is 4.79 Å². The van der Waals surface area contributed by atoms with E-state index in [1.54, 1.807) is 6.07 Å². The lowest BCUT2D eigenvalue weighted by molar-refractivity contribution is 0.0561. The Hall–Kier alpha value is -1.29. The van der Waals surface area contributed by atoms with E-state index in [9.17, 15) is 4.79 Å². The molecule has 1 aliphatic carbocycles. The van der Waals surface area contributed by atoms with Crippen LogP contribution in [0.2, 0.25) is 0 Å². The lowest BCUT2D eigenvalue weighted by Crippen LogP contribution is -2.23. The van der Waals surface area contributed by atoms with Crippen LogP contribution in [0.15, 0.2) is 16.5 Å². The lowest BCUT2D eigenvalue weighted by atomic mass is 9.96. The molecule has 0 amide bonds. The molecule has 1 aromatic heterocycles. The summed E-state index contributed by atoms with van der Waals surface area (Å²) >= 11 is 0. The zero-order chi connectivity index (χ0) is 12.3. The van der Waals surface area contributed by atoms with E-state index < -0.39 is 5.97 Å². The van der Waals surface area contributed by atoms with Gasteiger partial charge < -0.3 is 14.5 Å². The van der Waals surface area contributed by atoms with Gasteiger partial charge in [-0.15, -0.1) is 0 Å². The minimum Gasteiger partial charge on any atom is -0.463 e. The minimum absolute atomic E-state index is 0.205. The average molecular weight is 237 g/mol. The fourth-order valence-corrected chi connectivity index (χ4v) is 2.63. The highest BCUT2D eigenvalue weighted by Crippen LogP contribution is 2.36. The second-order valence-electron chi connectivity index (χ2n) is 4.50. The number of nitrogens with one attached hydrogen (secondary N) is 1. The summed E-state index contributed by atoms with van der Waals surface area (Å²) in [6.45, 7) is 0. The number of carbonyl (C=O) groups excluding carboxylic acids is 1. The Kier molecular flexibility index (Phi) is 3.84. The summed E-state index contributed by atoms with van der Waals surface area (Å²) in [5.74, 6) is 1.30. The molecule has 4 nitrogen and oxygen atoms in total. The molecule has 1 N–H and O–H groups in total. The SMILES string of the molecule is CNC(c1ccc(C(=O)OC)o1)C1CCCC1. The molecule has 1 aromatic rings. The molecular weight excluding hydrogens is 218 g/mol. The highest BCUT2D eigenvalue weighted by molar-refractivity contribution is 5.86. The zero-order valence-corrected chi connectivity index (χ0v) is 10.4. The number of rotatable bonds is 4. The number of esters is 1. The maximum absolute atomic E-state index is 11.3. The number of carbonyl (C=O) groups is 1. The summed E-state index contributed by atoms with van der Waals surface area (Å²) in [7, 11) is 3.29. The van der Waals surface area contributed by atoms with Crippen LogP contribution in [-0.2, 0) is 4.74 Å². The molecule has 0 bridgehead atoms. The first-order valence-corrected chi connectivity index (χ1v) is 6.11. The van der Waals surface area contributed by atoms with Crippen molar-refractivity contribution < 1.29 is 13.9 Å². The fourth-order valence-electron chi connectivity index (χ4n) is 2.63. The lowest BCUT2D eigenvalue weighted by Gasteiger charge is -2.20. The topological polar surface area (TPSA) is 51.5 Å². The molecule has 0 aliphatic heterocycles. The summed E-state index contributed by atoms with van der Waals surface area (Å²) < 4.78 is 10.2. The van der Waals surface area contributed by atoms with E-state index in [4.69, 9.17) is 4.42 Å². The van der Waals surface area contributed by atoms with Crippen molar-refractivity contribution in [1.82, 2.24) is 5.32 Å². The molecule has 1 aliphatic rings. The van der Waals surface area contributed by atoms with Gasteiger partial charge in [0, 0.05) is 0 Å². The highest BCUT2D eigenvalue weighted by atomic mass is 16.5. The van der Waals surface area contributed by atoms with Crippen LogP contribution in [0.4, 0.5) is 0 Å². The Morgan fingerprint density at radius 1 is 1.47 bits per heavy atom. The quantitative estimate of drug-likeness (QED) is 0.817. The van der Waals surface area contributed by atoms with Crippen LogP contribution in [0.5, 0.6) is 0 Å². The highest BCUT2D eigenvalue weighted by Gasteiger charge is 2.28. The van der Waals surface area contributed by atoms with E-state index in [0.29, 0.717) is 5.92 Å². The zero-order valence-electron chi connectivity index (χ0n) is 10.4. The molecule has 0 aromatic carbocycles. The maximum Gasteiger partial charge on any atom is 0.373 e. The molecule has 17 heavy (non-hydrogen) atoms. The molecule has 1 heterocycles. The van der Waals surface area contributed by atoms with Gasteiger partial charge in [0.1, 0.15) is 5.76 Å². The third-order valence-electron chi connectivity index (χ3n) is 3.50.